The zero-order valence-electron chi connectivity index (χ0n) is 11.1. The van der Waals surface area contributed by atoms with Crippen molar-refractivity contribution >= 4 is 11.3 Å². The highest BCUT2D eigenvalue weighted by Gasteiger charge is 2.16. The van der Waals surface area contributed by atoms with Gasteiger partial charge in [0, 0.05) is 6.20 Å². The Bertz CT molecular complexity index is 485. The Hall–Kier alpha value is -1.26. The van der Waals surface area contributed by atoms with Crippen molar-refractivity contribution in [3.05, 3.63) is 52.2 Å². The molecular weight excluding hydrogens is 259 g/mol. The average molecular weight is 278 g/mol. The molecule has 2 rings (SSSR count). The number of nitrogens with zero attached hydrogens (tertiary/aromatic N) is 1. The third-order valence-corrected chi connectivity index (χ3v) is 3.79. The number of aromatic nitrogens is 1. The summed E-state index contributed by atoms with van der Waals surface area (Å²) in [5.74, 6) is -0.221. The molecule has 2 heterocycles. The summed E-state index contributed by atoms with van der Waals surface area (Å²) in [5, 5.41) is 7.61. The van der Waals surface area contributed by atoms with E-state index in [2.05, 4.69) is 34.1 Å². The molecule has 2 aromatic heterocycles. The maximum absolute atomic E-state index is 13.8. The number of hydrogen-bond acceptors (Lipinski definition) is 3. The summed E-state index contributed by atoms with van der Waals surface area (Å²) in [7, 11) is 0. The Balaban J connectivity index is 2.05. The van der Waals surface area contributed by atoms with Gasteiger partial charge in [-0.1, -0.05) is 6.92 Å². The van der Waals surface area contributed by atoms with E-state index in [1.165, 1.54) is 11.6 Å². The molecule has 4 heteroatoms. The minimum absolute atomic E-state index is 0.0129. The molecule has 0 bridgehead atoms. The van der Waals surface area contributed by atoms with Crippen LogP contribution in [0.3, 0.4) is 0 Å². The number of aryl methyl sites for hydroxylation is 1. The second-order valence-corrected chi connectivity index (χ2v) is 5.33. The number of pyridine rings is 1. The topological polar surface area (TPSA) is 24.9 Å². The van der Waals surface area contributed by atoms with Crippen molar-refractivity contribution in [2.24, 2.45) is 0 Å². The van der Waals surface area contributed by atoms with Gasteiger partial charge in [0.1, 0.15) is 5.82 Å². The largest absolute Gasteiger partial charge is 0.309 e. The molecule has 0 spiro atoms. The zero-order valence-corrected chi connectivity index (χ0v) is 11.9. The summed E-state index contributed by atoms with van der Waals surface area (Å²) in [6.07, 6.45) is 4.50. The second-order valence-electron chi connectivity index (χ2n) is 4.55. The fraction of sp³-hybridized carbons (Fsp3) is 0.400. The molecule has 1 unspecified atom stereocenters. The molecule has 2 aromatic rings. The molecule has 2 nitrogen and oxygen atoms in total. The molecule has 1 atom stereocenters. The Morgan fingerprint density at radius 2 is 2.32 bits per heavy atom. The van der Waals surface area contributed by atoms with E-state index in [1.54, 1.807) is 23.6 Å². The fourth-order valence-electron chi connectivity index (χ4n) is 2.05. The van der Waals surface area contributed by atoms with Crippen LogP contribution in [0, 0.1) is 5.82 Å². The normalized spacial score (nSPS) is 12.5. The smallest absolute Gasteiger partial charge is 0.146 e. The predicted octanol–water partition coefficient (Wildman–Crippen LogP) is 3.96. The lowest BCUT2D eigenvalue weighted by atomic mass is 10.0. The molecule has 0 saturated heterocycles. The summed E-state index contributed by atoms with van der Waals surface area (Å²) in [6.45, 7) is 2.99. The lowest BCUT2D eigenvalue weighted by Gasteiger charge is -2.18. The third kappa shape index (κ3) is 4.11. The fourth-order valence-corrected chi connectivity index (χ4v) is 2.76. The van der Waals surface area contributed by atoms with Crippen LogP contribution < -0.4 is 5.32 Å². The molecule has 0 aliphatic heterocycles. The van der Waals surface area contributed by atoms with Crippen LogP contribution in [0.25, 0.3) is 0 Å². The van der Waals surface area contributed by atoms with E-state index >= 15 is 0 Å². The first kappa shape index (κ1) is 14.2. The minimum atomic E-state index is -0.221. The minimum Gasteiger partial charge on any atom is -0.309 e. The average Bonchev–Trinajstić information content (AvgIpc) is 2.93. The molecule has 0 aliphatic carbocycles. The Morgan fingerprint density at radius 1 is 1.42 bits per heavy atom. The van der Waals surface area contributed by atoms with E-state index in [0.717, 1.165) is 25.8 Å². The highest BCUT2D eigenvalue weighted by molar-refractivity contribution is 7.07. The first-order chi connectivity index (χ1) is 9.31. The summed E-state index contributed by atoms with van der Waals surface area (Å²) in [4.78, 5) is 4.20. The number of rotatable bonds is 7. The van der Waals surface area contributed by atoms with Crippen LogP contribution >= 0.6 is 11.3 Å². The van der Waals surface area contributed by atoms with Crippen LogP contribution in [0.5, 0.6) is 0 Å². The van der Waals surface area contributed by atoms with Gasteiger partial charge < -0.3 is 5.32 Å². The first-order valence-corrected chi connectivity index (χ1v) is 7.60. The van der Waals surface area contributed by atoms with Crippen LogP contribution in [0.2, 0.25) is 0 Å². The number of halogens is 1. The third-order valence-electron chi connectivity index (χ3n) is 3.06. The van der Waals surface area contributed by atoms with E-state index in [9.17, 15) is 4.39 Å². The summed E-state index contributed by atoms with van der Waals surface area (Å²) in [6, 6.07) is 5.22. The van der Waals surface area contributed by atoms with Crippen molar-refractivity contribution in [1.82, 2.24) is 10.3 Å². The van der Waals surface area contributed by atoms with Gasteiger partial charge in [0.2, 0.25) is 0 Å². The van der Waals surface area contributed by atoms with E-state index in [-0.39, 0.29) is 11.9 Å². The van der Waals surface area contributed by atoms with Gasteiger partial charge in [0.15, 0.2) is 0 Å². The van der Waals surface area contributed by atoms with Crippen molar-refractivity contribution in [2.75, 3.05) is 6.54 Å². The van der Waals surface area contributed by atoms with Crippen molar-refractivity contribution in [1.29, 1.82) is 0 Å². The van der Waals surface area contributed by atoms with Crippen molar-refractivity contribution < 1.29 is 4.39 Å². The standard InChI is InChI=1S/C15H19FN2S/c1-2-8-17-14(6-5-12-7-10-19-11-12)15-13(16)4-3-9-18-15/h3-4,7,9-11,14,17H,2,5-6,8H2,1H3. The number of hydrogen-bond donors (Lipinski definition) is 1. The molecule has 0 amide bonds. The quantitative estimate of drug-likeness (QED) is 0.829. The predicted molar refractivity (Wildman–Crippen MR) is 77.9 cm³/mol. The first-order valence-electron chi connectivity index (χ1n) is 6.66. The van der Waals surface area contributed by atoms with E-state index in [4.69, 9.17) is 0 Å². The maximum Gasteiger partial charge on any atom is 0.146 e. The Kier molecular flexibility index (Phi) is 5.48. The molecule has 102 valence electrons. The highest BCUT2D eigenvalue weighted by atomic mass is 32.1. The second kappa shape index (κ2) is 7.36. The molecular formula is C15H19FN2S. The van der Waals surface area contributed by atoms with Gasteiger partial charge in [-0.3, -0.25) is 4.98 Å². The van der Waals surface area contributed by atoms with Gasteiger partial charge in [0.05, 0.1) is 11.7 Å². The van der Waals surface area contributed by atoms with Crippen LogP contribution in [-0.4, -0.2) is 11.5 Å². The van der Waals surface area contributed by atoms with Crippen LogP contribution in [0.15, 0.2) is 35.2 Å². The molecule has 0 aromatic carbocycles. The summed E-state index contributed by atoms with van der Waals surface area (Å²) >= 11 is 1.70. The molecule has 1 N–H and O–H groups in total. The van der Waals surface area contributed by atoms with E-state index in [0.29, 0.717) is 5.69 Å². The highest BCUT2D eigenvalue weighted by Crippen LogP contribution is 2.20. The van der Waals surface area contributed by atoms with Gasteiger partial charge in [0.25, 0.3) is 0 Å². The number of nitrogens with one attached hydrogen (secondary N) is 1. The van der Waals surface area contributed by atoms with E-state index in [1.807, 2.05) is 0 Å². The van der Waals surface area contributed by atoms with Gasteiger partial charge in [-0.25, -0.2) is 4.39 Å². The molecule has 0 fully saturated rings. The van der Waals surface area contributed by atoms with Crippen LogP contribution in [0.4, 0.5) is 4.39 Å². The van der Waals surface area contributed by atoms with Crippen molar-refractivity contribution in [3.63, 3.8) is 0 Å². The van der Waals surface area contributed by atoms with E-state index < -0.39 is 0 Å². The van der Waals surface area contributed by atoms with Crippen molar-refractivity contribution in [3.8, 4) is 0 Å². The monoisotopic (exact) mass is 278 g/mol. The van der Waals surface area contributed by atoms with Gasteiger partial charge in [-0.05, 0) is 60.3 Å². The molecule has 19 heavy (non-hydrogen) atoms. The number of thiophene rings is 1. The Morgan fingerprint density at radius 3 is 3.00 bits per heavy atom. The van der Waals surface area contributed by atoms with Gasteiger partial charge in [-0.2, -0.15) is 11.3 Å². The van der Waals surface area contributed by atoms with Gasteiger partial charge in [-0.15, -0.1) is 0 Å². The van der Waals surface area contributed by atoms with Crippen molar-refractivity contribution in [2.45, 2.75) is 32.2 Å². The lowest BCUT2D eigenvalue weighted by Crippen LogP contribution is -2.24. The van der Waals surface area contributed by atoms with Crippen LogP contribution in [-0.2, 0) is 6.42 Å². The van der Waals surface area contributed by atoms with Crippen LogP contribution in [0.1, 0.15) is 37.1 Å². The SMILES string of the molecule is CCCNC(CCc1ccsc1)c1ncccc1F. The molecule has 0 saturated carbocycles. The van der Waals surface area contributed by atoms with Gasteiger partial charge >= 0.3 is 0 Å². The lowest BCUT2D eigenvalue weighted by molar-refractivity contribution is 0.461. The Labute approximate surface area is 117 Å². The molecule has 0 aliphatic rings. The summed E-state index contributed by atoms with van der Waals surface area (Å²) in [5.41, 5.74) is 1.84. The molecule has 0 radical (unpaired) electrons. The maximum atomic E-state index is 13.8. The zero-order chi connectivity index (χ0) is 13.5. The summed E-state index contributed by atoms with van der Waals surface area (Å²) < 4.78 is 13.8.